The minimum absolute atomic E-state index is 0.147. The highest BCUT2D eigenvalue weighted by Gasteiger charge is 2.30. The van der Waals surface area contributed by atoms with Gasteiger partial charge in [0.2, 0.25) is 0 Å². The number of piperidine rings is 1. The van der Waals surface area contributed by atoms with Crippen molar-refractivity contribution in [3.63, 3.8) is 0 Å². The van der Waals surface area contributed by atoms with Crippen LogP contribution >= 0.6 is 0 Å². The molecule has 0 saturated carbocycles. The Balaban J connectivity index is 2.21. The third kappa shape index (κ3) is 3.35. The maximum atomic E-state index is 11.9. The van der Waals surface area contributed by atoms with E-state index in [2.05, 4.69) is 9.88 Å². The van der Waals surface area contributed by atoms with Gasteiger partial charge in [0.15, 0.2) is 0 Å². The van der Waals surface area contributed by atoms with E-state index in [1.807, 2.05) is 20.0 Å². The lowest BCUT2D eigenvalue weighted by Gasteiger charge is -2.33. The second-order valence-electron chi connectivity index (χ2n) is 5.55. The van der Waals surface area contributed by atoms with Crippen LogP contribution in [0.1, 0.15) is 36.1 Å². The summed E-state index contributed by atoms with van der Waals surface area (Å²) in [5.41, 5.74) is 3.04. The SMILES string of the molecule is COC(=O)[C@H]1CCCCN1Cc1ncc(C)c(OC)c1C. The summed E-state index contributed by atoms with van der Waals surface area (Å²) in [5, 5.41) is 0. The quantitative estimate of drug-likeness (QED) is 0.797. The Hall–Kier alpha value is -1.62. The van der Waals surface area contributed by atoms with E-state index in [0.29, 0.717) is 6.54 Å². The number of likely N-dealkylation sites (tertiary alicyclic amines) is 1. The smallest absolute Gasteiger partial charge is 0.323 e. The van der Waals surface area contributed by atoms with Gasteiger partial charge in [-0.15, -0.1) is 0 Å². The fourth-order valence-electron chi connectivity index (χ4n) is 3.01. The largest absolute Gasteiger partial charge is 0.496 e. The first-order valence-corrected chi connectivity index (χ1v) is 7.39. The first-order chi connectivity index (χ1) is 10.1. The maximum absolute atomic E-state index is 11.9. The fraction of sp³-hybridized carbons (Fsp3) is 0.625. The predicted octanol–water partition coefficient (Wildman–Crippen LogP) is 2.23. The fourth-order valence-corrected chi connectivity index (χ4v) is 3.01. The Morgan fingerprint density at radius 1 is 1.38 bits per heavy atom. The van der Waals surface area contributed by atoms with Gasteiger partial charge < -0.3 is 9.47 Å². The summed E-state index contributed by atoms with van der Waals surface area (Å²) in [7, 11) is 3.13. The minimum Gasteiger partial charge on any atom is -0.496 e. The van der Waals surface area contributed by atoms with Crippen molar-refractivity contribution in [3.8, 4) is 5.75 Å². The normalized spacial score (nSPS) is 19.3. The molecule has 0 radical (unpaired) electrons. The number of hydrogen-bond acceptors (Lipinski definition) is 5. The third-order valence-corrected chi connectivity index (χ3v) is 4.19. The van der Waals surface area contributed by atoms with Gasteiger partial charge in [0, 0.05) is 23.9 Å². The number of hydrogen-bond donors (Lipinski definition) is 0. The molecule has 0 N–H and O–H groups in total. The molecule has 0 amide bonds. The van der Waals surface area contributed by atoms with E-state index < -0.39 is 0 Å². The summed E-state index contributed by atoms with van der Waals surface area (Å²) in [6, 6.07) is -0.155. The molecule has 0 unspecified atom stereocenters. The van der Waals surface area contributed by atoms with Crippen LogP contribution in [0.2, 0.25) is 0 Å². The molecule has 5 heteroatoms. The van der Waals surface area contributed by atoms with Crippen LogP contribution in [0, 0.1) is 13.8 Å². The topological polar surface area (TPSA) is 51.7 Å². The van der Waals surface area contributed by atoms with Gasteiger partial charge in [-0.25, -0.2) is 0 Å². The zero-order chi connectivity index (χ0) is 15.4. The van der Waals surface area contributed by atoms with Crippen molar-refractivity contribution < 1.29 is 14.3 Å². The molecular formula is C16H24N2O3. The van der Waals surface area contributed by atoms with Crippen LogP contribution in [0.3, 0.4) is 0 Å². The number of rotatable bonds is 4. The number of carbonyl (C=O) groups is 1. The molecule has 5 nitrogen and oxygen atoms in total. The number of carbonyl (C=O) groups excluding carboxylic acids is 1. The van der Waals surface area contributed by atoms with E-state index in [1.54, 1.807) is 7.11 Å². The van der Waals surface area contributed by atoms with Crippen LogP contribution in [0.25, 0.3) is 0 Å². The lowest BCUT2D eigenvalue weighted by atomic mass is 10.0. The summed E-state index contributed by atoms with van der Waals surface area (Å²) >= 11 is 0. The van der Waals surface area contributed by atoms with Crippen LogP contribution in [-0.4, -0.2) is 42.7 Å². The number of aromatic nitrogens is 1. The zero-order valence-corrected chi connectivity index (χ0v) is 13.3. The number of pyridine rings is 1. The van der Waals surface area contributed by atoms with E-state index in [9.17, 15) is 4.79 Å². The first-order valence-electron chi connectivity index (χ1n) is 7.39. The molecule has 1 atom stereocenters. The number of esters is 1. The van der Waals surface area contributed by atoms with Crippen molar-refractivity contribution in [2.45, 2.75) is 45.7 Å². The molecule has 1 aliphatic heterocycles. The number of aryl methyl sites for hydroxylation is 1. The molecule has 2 heterocycles. The first kappa shape index (κ1) is 15.8. The van der Waals surface area contributed by atoms with Crippen molar-refractivity contribution in [1.82, 2.24) is 9.88 Å². The Kier molecular flexibility index (Phi) is 5.17. The molecule has 2 rings (SSSR count). The van der Waals surface area contributed by atoms with Crippen LogP contribution in [0.4, 0.5) is 0 Å². The average molecular weight is 292 g/mol. The number of nitrogens with zero attached hydrogens (tertiary/aromatic N) is 2. The van der Waals surface area contributed by atoms with Gasteiger partial charge in [-0.05, 0) is 33.2 Å². The highest BCUT2D eigenvalue weighted by atomic mass is 16.5. The second-order valence-corrected chi connectivity index (χ2v) is 5.55. The molecule has 21 heavy (non-hydrogen) atoms. The van der Waals surface area contributed by atoms with Gasteiger partial charge in [-0.3, -0.25) is 14.7 Å². The average Bonchev–Trinajstić information content (AvgIpc) is 2.50. The van der Waals surface area contributed by atoms with Crippen molar-refractivity contribution in [3.05, 3.63) is 23.0 Å². The summed E-state index contributed by atoms with van der Waals surface area (Å²) < 4.78 is 10.4. The van der Waals surface area contributed by atoms with Crippen LogP contribution in [-0.2, 0) is 16.1 Å². The zero-order valence-electron chi connectivity index (χ0n) is 13.3. The van der Waals surface area contributed by atoms with E-state index in [0.717, 1.165) is 48.4 Å². The number of ether oxygens (including phenoxy) is 2. The third-order valence-electron chi connectivity index (χ3n) is 4.19. The van der Waals surface area contributed by atoms with Crippen molar-refractivity contribution in [1.29, 1.82) is 0 Å². The van der Waals surface area contributed by atoms with Gasteiger partial charge in [0.25, 0.3) is 0 Å². The molecule has 1 aromatic rings. The van der Waals surface area contributed by atoms with Gasteiger partial charge in [0.1, 0.15) is 11.8 Å². The highest BCUT2D eigenvalue weighted by molar-refractivity contribution is 5.75. The lowest BCUT2D eigenvalue weighted by molar-refractivity contribution is -0.148. The van der Waals surface area contributed by atoms with Crippen LogP contribution < -0.4 is 4.74 Å². The summed E-state index contributed by atoms with van der Waals surface area (Å²) in [6.07, 6.45) is 4.86. The monoisotopic (exact) mass is 292 g/mol. The molecule has 0 bridgehead atoms. The van der Waals surface area contributed by atoms with Crippen molar-refractivity contribution in [2.75, 3.05) is 20.8 Å². The Morgan fingerprint density at radius 3 is 2.81 bits per heavy atom. The molecular weight excluding hydrogens is 268 g/mol. The molecule has 0 aliphatic carbocycles. The molecule has 0 spiro atoms. The van der Waals surface area contributed by atoms with E-state index in [-0.39, 0.29) is 12.0 Å². The lowest BCUT2D eigenvalue weighted by Crippen LogP contribution is -2.44. The second kappa shape index (κ2) is 6.89. The predicted molar refractivity (Wildman–Crippen MR) is 80.3 cm³/mol. The van der Waals surface area contributed by atoms with Gasteiger partial charge in [-0.2, -0.15) is 0 Å². The molecule has 1 aromatic heterocycles. The summed E-state index contributed by atoms with van der Waals surface area (Å²) in [5.74, 6) is 0.734. The summed E-state index contributed by atoms with van der Waals surface area (Å²) in [4.78, 5) is 18.6. The molecule has 1 aliphatic rings. The standard InChI is InChI=1S/C16H24N2O3/c1-11-9-17-13(12(2)15(11)20-3)10-18-8-6-5-7-14(18)16(19)21-4/h9,14H,5-8,10H2,1-4H3/t14-/m1/s1. The molecule has 1 saturated heterocycles. The molecule has 1 fully saturated rings. The number of methoxy groups -OCH3 is 2. The maximum Gasteiger partial charge on any atom is 0.323 e. The van der Waals surface area contributed by atoms with Gasteiger partial charge in [-0.1, -0.05) is 6.42 Å². The molecule has 0 aromatic carbocycles. The van der Waals surface area contributed by atoms with Crippen LogP contribution in [0.15, 0.2) is 6.20 Å². The van der Waals surface area contributed by atoms with E-state index >= 15 is 0 Å². The van der Waals surface area contributed by atoms with Crippen molar-refractivity contribution >= 4 is 5.97 Å². The summed E-state index contributed by atoms with van der Waals surface area (Å²) in [6.45, 7) is 5.56. The van der Waals surface area contributed by atoms with E-state index in [1.165, 1.54) is 7.11 Å². The Bertz CT molecular complexity index is 516. The molecule has 116 valence electrons. The van der Waals surface area contributed by atoms with Crippen molar-refractivity contribution in [2.24, 2.45) is 0 Å². The van der Waals surface area contributed by atoms with Gasteiger partial charge in [0.05, 0.1) is 19.9 Å². The Morgan fingerprint density at radius 2 is 2.14 bits per heavy atom. The Labute approximate surface area is 126 Å². The minimum atomic E-state index is -0.155. The van der Waals surface area contributed by atoms with Crippen LogP contribution in [0.5, 0.6) is 5.75 Å². The highest BCUT2D eigenvalue weighted by Crippen LogP contribution is 2.27. The van der Waals surface area contributed by atoms with Gasteiger partial charge >= 0.3 is 5.97 Å². The van der Waals surface area contributed by atoms with E-state index in [4.69, 9.17) is 9.47 Å².